The summed E-state index contributed by atoms with van der Waals surface area (Å²) in [5.74, 6) is 0. The van der Waals surface area contributed by atoms with E-state index >= 15 is 0 Å². The molecule has 0 saturated heterocycles. The number of thiophene rings is 1. The summed E-state index contributed by atoms with van der Waals surface area (Å²) < 4.78 is 1.46. The molecular weight excluding hydrogens is 262 g/mol. The lowest BCUT2D eigenvalue weighted by Gasteiger charge is -2.28. The first-order chi connectivity index (χ1) is 8.65. The van der Waals surface area contributed by atoms with Gasteiger partial charge in [0, 0.05) is 5.25 Å². The molecular formula is C13H17N3S2. The Kier molecular flexibility index (Phi) is 3.11. The number of fused-ring (bicyclic) bond motifs is 1. The largest absolute Gasteiger partial charge is 0.375 e. The summed E-state index contributed by atoms with van der Waals surface area (Å²) in [5, 5.41) is 13.8. The zero-order chi connectivity index (χ0) is 12.7. The van der Waals surface area contributed by atoms with Gasteiger partial charge in [0.15, 0.2) is 0 Å². The van der Waals surface area contributed by atoms with Crippen molar-refractivity contribution >= 4 is 28.8 Å². The quantitative estimate of drug-likeness (QED) is 0.868. The Morgan fingerprint density at radius 1 is 1.44 bits per heavy atom. The van der Waals surface area contributed by atoms with Gasteiger partial charge in [-0.05, 0) is 37.3 Å². The molecule has 0 spiro atoms. The third-order valence-corrected chi connectivity index (χ3v) is 5.70. The summed E-state index contributed by atoms with van der Waals surface area (Å²) >= 11 is 3.85. The number of anilines is 1. The summed E-state index contributed by atoms with van der Waals surface area (Å²) in [7, 11) is 0. The van der Waals surface area contributed by atoms with E-state index in [1.165, 1.54) is 16.2 Å². The molecule has 0 aromatic carbocycles. The maximum absolute atomic E-state index is 4.25. The second-order valence-corrected chi connectivity index (χ2v) is 7.46. The minimum Gasteiger partial charge on any atom is -0.375 e. The molecule has 3 nitrogen and oxygen atoms in total. The first kappa shape index (κ1) is 12.1. The molecule has 0 amide bonds. The van der Waals surface area contributed by atoms with Crippen LogP contribution in [0.25, 0.3) is 0 Å². The Bertz CT molecular complexity index is 539. The lowest BCUT2D eigenvalue weighted by atomic mass is 10.0. The van der Waals surface area contributed by atoms with Crippen molar-refractivity contribution in [3.05, 3.63) is 28.4 Å². The number of hydrogen-bond acceptors (Lipinski definition) is 4. The molecule has 0 saturated carbocycles. The first-order valence-electron chi connectivity index (χ1n) is 6.17. The summed E-state index contributed by atoms with van der Waals surface area (Å²) in [6.07, 6.45) is 1.17. The van der Waals surface area contributed by atoms with Gasteiger partial charge in [-0.3, -0.25) is 5.10 Å². The van der Waals surface area contributed by atoms with Gasteiger partial charge in [-0.25, -0.2) is 0 Å². The zero-order valence-electron chi connectivity index (χ0n) is 10.8. The van der Waals surface area contributed by atoms with E-state index < -0.39 is 0 Å². The summed E-state index contributed by atoms with van der Waals surface area (Å²) in [6, 6.07) is 2.67. The van der Waals surface area contributed by atoms with Crippen LogP contribution in [-0.2, 0) is 0 Å². The Hall–Kier alpha value is -0.940. The van der Waals surface area contributed by atoms with Crippen LogP contribution in [0.2, 0.25) is 0 Å². The topological polar surface area (TPSA) is 40.7 Å². The molecule has 0 radical (unpaired) electrons. The van der Waals surface area contributed by atoms with Crippen LogP contribution in [0, 0.1) is 13.8 Å². The van der Waals surface area contributed by atoms with Crippen LogP contribution in [-0.4, -0.2) is 15.4 Å². The standard InChI is InChI=1S/C13H17N3S2/c1-7-6-11(10-4-5-17-13(10)18-7)14-12-8(2)15-16-9(12)3/h4-5,7,11,14H,6H2,1-3H3,(H,15,16)/t7-,11?/m0/s1. The van der Waals surface area contributed by atoms with E-state index in [9.17, 15) is 0 Å². The van der Waals surface area contributed by atoms with E-state index in [1.807, 2.05) is 30.0 Å². The fraction of sp³-hybridized carbons (Fsp3) is 0.462. The monoisotopic (exact) mass is 279 g/mol. The minimum atomic E-state index is 0.414. The fourth-order valence-electron chi connectivity index (χ4n) is 2.42. The van der Waals surface area contributed by atoms with Crippen LogP contribution in [0.4, 0.5) is 5.69 Å². The molecule has 1 aliphatic rings. The van der Waals surface area contributed by atoms with Crippen LogP contribution in [0.1, 0.15) is 36.3 Å². The number of hydrogen-bond donors (Lipinski definition) is 2. The van der Waals surface area contributed by atoms with Crippen LogP contribution in [0.5, 0.6) is 0 Å². The maximum Gasteiger partial charge on any atom is 0.0825 e. The molecule has 0 fully saturated rings. The highest BCUT2D eigenvalue weighted by atomic mass is 32.2. The van der Waals surface area contributed by atoms with E-state index in [1.54, 1.807) is 0 Å². The average molecular weight is 279 g/mol. The van der Waals surface area contributed by atoms with Crippen LogP contribution >= 0.6 is 23.1 Å². The minimum absolute atomic E-state index is 0.414. The van der Waals surface area contributed by atoms with Crippen molar-refractivity contribution in [2.24, 2.45) is 0 Å². The van der Waals surface area contributed by atoms with Crippen molar-refractivity contribution in [3.63, 3.8) is 0 Å². The molecule has 2 aromatic heterocycles. The number of rotatable bonds is 2. The van der Waals surface area contributed by atoms with Crippen LogP contribution < -0.4 is 5.32 Å². The van der Waals surface area contributed by atoms with Crippen LogP contribution in [0.15, 0.2) is 15.7 Å². The second kappa shape index (κ2) is 4.63. The smallest absolute Gasteiger partial charge is 0.0825 e. The SMILES string of the molecule is Cc1n[nH]c(C)c1NC1C[C@H](C)Sc2sccc21. The van der Waals surface area contributed by atoms with Crippen molar-refractivity contribution in [3.8, 4) is 0 Å². The highest BCUT2D eigenvalue weighted by molar-refractivity contribution is 8.01. The normalized spacial score (nSPS) is 22.8. The Balaban J connectivity index is 1.90. The number of H-pyrrole nitrogens is 1. The van der Waals surface area contributed by atoms with Gasteiger partial charge in [0.05, 0.1) is 27.3 Å². The molecule has 0 bridgehead atoms. The van der Waals surface area contributed by atoms with Crippen molar-refractivity contribution < 1.29 is 0 Å². The predicted molar refractivity (Wildman–Crippen MR) is 78.7 cm³/mol. The molecule has 18 heavy (non-hydrogen) atoms. The molecule has 96 valence electrons. The molecule has 1 aliphatic heterocycles. The predicted octanol–water partition coefficient (Wildman–Crippen LogP) is 4.13. The van der Waals surface area contributed by atoms with E-state index in [-0.39, 0.29) is 0 Å². The second-order valence-electron chi connectivity index (χ2n) is 4.83. The van der Waals surface area contributed by atoms with Crippen molar-refractivity contribution in [2.45, 2.75) is 42.7 Å². The van der Waals surface area contributed by atoms with Gasteiger partial charge in [-0.15, -0.1) is 23.1 Å². The summed E-state index contributed by atoms with van der Waals surface area (Å²) in [5.41, 5.74) is 4.78. The van der Waals surface area contributed by atoms with E-state index in [0.29, 0.717) is 11.3 Å². The number of nitrogens with one attached hydrogen (secondary N) is 2. The number of aromatic nitrogens is 2. The summed E-state index contributed by atoms with van der Waals surface area (Å²) in [4.78, 5) is 0. The number of nitrogens with zero attached hydrogens (tertiary/aromatic N) is 1. The Labute approximate surface area is 115 Å². The molecule has 0 aliphatic carbocycles. The molecule has 5 heteroatoms. The first-order valence-corrected chi connectivity index (χ1v) is 7.93. The Morgan fingerprint density at radius 2 is 2.28 bits per heavy atom. The summed E-state index contributed by atoms with van der Waals surface area (Å²) in [6.45, 7) is 6.41. The number of aryl methyl sites for hydroxylation is 2. The highest BCUT2D eigenvalue weighted by Gasteiger charge is 2.27. The van der Waals surface area contributed by atoms with Gasteiger partial charge >= 0.3 is 0 Å². The zero-order valence-corrected chi connectivity index (χ0v) is 12.4. The highest BCUT2D eigenvalue weighted by Crippen LogP contribution is 2.45. The van der Waals surface area contributed by atoms with E-state index in [0.717, 1.165) is 17.1 Å². The third kappa shape index (κ3) is 2.06. The van der Waals surface area contributed by atoms with E-state index in [2.05, 4.69) is 40.8 Å². The van der Waals surface area contributed by atoms with Crippen LogP contribution in [0.3, 0.4) is 0 Å². The van der Waals surface area contributed by atoms with E-state index in [4.69, 9.17) is 0 Å². The third-order valence-electron chi connectivity index (χ3n) is 3.36. The van der Waals surface area contributed by atoms with Crippen molar-refractivity contribution in [1.82, 2.24) is 10.2 Å². The van der Waals surface area contributed by atoms with Crippen molar-refractivity contribution in [1.29, 1.82) is 0 Å². The molecule has 1 unspecified atom stereocenters. The molecule has 2 atom stereocenters. The van der Waals surface area contributed by atoms with Gasteiger partial charge in [-0.2, -0.15) is 5.10 Å². The lowest BCUT2D eigenvalue weighted by molar-refractivity contribution is 0.669. The van der Waals surface area contributed by atoms with Gasteiger partial charge in [0.25, 0.3) is 0 Å². The number of aromatic amines is 1. The average Bonchev–Trinajstić information content (AvgIpc) is 2.90. The van der Waals surface area contributed by atoms with Gasteiger partial charge in [0.2, 0.25) is 0 Å². The molecule has 3 heterocycles. The number of thioether (sulfide) groups is 1. The molecule has 2 N–H and O–H groups in total. The fourth-order valence-corrected chi connectivity index (χ4v) is 4.99. The molecule has 3 rings (SSSR count). The lowest BCUT2D eigenvalue weighted by Crippen LogP contribution is -2.19. The van der Waals surface area contributed by atoms with Gasteiger partial charge < -0.3 is 5.32 Å². The van der Waals surface area contributed by atoms with Gasteiger partial charge in [-0.1, -0.05) is 6.92 Å². The maximum atomic E-state index is 4.25. The Morgan fingerprint density at radius 3 is 3.00 bits per heavy atom. The molecule has 2 aromatic rings. The van der Waals surface area contributed by atoms with Gasteiger partial charge in [0.1, 0.15) is 0 Å². The van der Waals surface area contributed by atoms with Crippen molar-refractivity contribution in [2.75, 3.05) is 5.32 Å².